The van der Waals surface area contributed by atoms with Gasteiger partial charge in [-0.1, -0.05) is 18.2 Å². The maximum absolute atomic E-state index is 13.3. The van der Waals surface area contributed by atoms with Gasteiger partial charge in [0, 0.05) is 18.7 Å². The first-order valence-corrected chi connectivity index (χ1v) is 6.25. The van der Waals surface area contributed by atoms with E-state index in [2.05, 4.69) is 5.32 Å². The van der Waals surface area contributed by atoms with Crippen LogP contribution in [0.25, 0.3) is 0 Å². The van der Waals surface area contributed by atoms with Gasteiger partial charge in [-0.05, 0) is 29.8 Å². The number of methoxy groups -OCH3 is 1. The molecule has 0 unspecified atom stereocenters. The van der Waals surface area contributed by atoms with Gasteiger partial charge < -0.3 is 10.1 Å². The van der Waals surface area contributed by atoms with Crippen LogP contribution in [0.1, 0.15) is 16.7 Å². The lowest BCUT2D eigenvalue weighted by molar-refractivity contribution is 0.407. The highest BCUT2D eigenvalue weighted by molar-refractivity contribution is 5.34. The summed E-state index contributed by atoms with van der Waals surface area (Å²) in [7, 11) is 1.63. The van der Waals surface area contributed by atoms with Crippen molar-refractivity contribution in [3.63, 3.8) is 0 Å². The molecular weight excluding hydrogens is 255 g/mol. The zero-order valence-electron chi connectivity index (χ0n) is 11.2. The van der Waals surface area contributed by atoms with Crippen molar-refractivity contribution in [3.05, 3.63) is 65.0 Å². The Balaban J connectivity index is 1.99. The third-order valence-electron chi connectivity index (χ3n) is 2.92. The topological polar surface area (TPSA) is 45.0 Å². The summed E-state index contributed by atoms with van der Waals surface area (Å²) in [5.74, 6) is 0.426. The Kier molecular flexibility index (Phi) is 4.70. The van der Waals surface area contributed by atoms with Crippen molar-refractivity contribution in [2.45, 2.75) is 13.1 Å². The number of halogens is 1. The fourth-order valence-electron chi connectivity index (χ4n) is 2.01. The minimum Gasteiger partial charge on any atom is -0.496 e. The van der Waals surface area contributed by atoms with Crippen molar-refractivity contribution in [3.8, 4) is 11.8 Å². The Morgan fingerprint density at radius 1 is 1.20 bits per heavy atom. The van der Waals surface area contributed by atoms with Crippen molar-refractivity contribution >= 4 is 0 Å². The zero-order valence-corrected chi connectivity index (χ0v) is 11.2. The molecule has 0 radical (unpaired) electrons. The molecule has 0 fully saturated rings. The number of ether oxygens (including phenoxy) is 1. The first-order valence-electron chi connectivity index (χ1n) is 6.25. The van der Waals surface area contributed by atoms with Crippen LogP contribution in [0.15, 0.2) is 42.5 Å². The summed E-state index contributed by atoms with van der Waals surface area (Å²) in [5.41, 5.74) is 2.11. The normalized spacial score (nSPS) is 10.1. The van der Waals surface area contributed by atoms with Crippen LogP contribution in [0.2, 0.25) is 0 Å². The molecule has 0 saturated heterocycles. The third kappa shape index (κ3) is 3.56. The SMILES string of the molecule is COc1ccccc1CNCc1cc(F)cc(C#N)c1. The van der Waals surface area contributed by atoms with Crippen LogP contribution in [-0.2, 0) is 13.1 Å². The van der Waals surface area contributed by atoms with E-state index in [0.717, 1.165) is 16.9 Å². The van der Waals surface area contributed by atoms with Crippen molar-refractivity contribution in [1.29, 1.82) is 5.26 Å². The van der Waals surface area contributed by atoms with Gasteiger partial charge in [0.25, 0.3) is 0 Å². The van der Waals surface area contributed by atoms with Gasteiger partial charge in [-0.2, -0.15) is 5.26 Å². The number of para-hydroxylation sites is 1. The first kappa shape index (κ1) is 14.0. The number of nitrogens with one attached hydrogen (secondary N) is 1. The molecule has 4 heteroatoms. The van der Waals surface area contributed by atoms with Gasteiger partial charge in [0.15, 0.2) is 0 Å². The molecule has 0 saturated carbocycles. The number of nitrogens with zero attached hydrogens (tertiary/aromatic N) is 1. The predicted molar refractivity (Wildman–Crippen MR) is 74.7 cm³/mol. The zero-order chi connectivity index (χ0) is 14.4. The summed E-state index contributed by atoms with van der Waals surface area (Å²) in [6.45, 7) is 1.10. The van der Waals surface area contributed by atoms with Gasteiger partial charge in [0.05, 0.1) is 18.7 Å². The molecule has 0 heterocycles. The van der Waals surface area contributed by atoms with E-state index in [-0.39, 0.29) is 0 Å². The van der Waals surface area contributed by atoms with Crippen LogP contribution in [0, 0.1) is 17.1 Å². The fraction of sp³-hybridized carbons (Fsp3) is 0.188. The number of benzene rings is 2. The highest BCUT2D eigenvalue weighted by Crippen LogP contribution is 2.17. The van der Waals surface area contributed by atoms with Gasteiger partial charge in [-0.25, -0.2) is 4.39 Å². The molecule has 0 aromatic heterocycles. The highest BCUT2D eigenvalue weighted by atomic mass is 19.1. The molecular formula is C16H15FN2O. The van der Waals surface area contributed by atoms with Crippen molar-refractivity contribution in [2.75, 3.05) is 7.11 Å². The molecule has 3 nitrogen and oxygen atoms in total. The Morgan fingerprint density at radius 2 is 2.00 bits per heavy atom. The van der Waals surface area contributed by atoms with Gasteiger partial charge in [0.1, 0.15) is 11.6 Å². The Labute approximate surface area is 117 Å². The van der Waals surface area contributed by atoms with Crippen LogP contribution in [0.3, 0.4) is 0 Å². The van der Waals surface area contributed by atoms with Gasteiger partial charge in [0.2, 0.25) is 0 Å². The Hall–Kier alpha value is -2.38. The van der Waals surface area contributed by atoms with Crippen molar-refractivity contribution < 1.29 is 9.13 Å². The number of hydrogen-bond acceptors (Lipinski definition) is 3. The van der Waals surface area contributed by atoms with Crippen LogP contribution in [-0.4, -0.2) is 7.11 Å². The molecule has 0 aliphatic heterocycles. The monoisotopic (exact) mass is 270 g/mol. The van der Waals surface area contributed by atoms with Gasteiger partial charge >= 0.3 is 0 Å². The summed E-state index contributed by atoms with van der Waals surface area (Å²) >= 11 is 0. The quantitative estimate of drug-likeness (QED) is 0.908. The molecule has 0 amide bonds. The van der Waals surface area contributed by atoms with E-state index >= 15 is 0 Å². The molecule has 0 aliphatic rings. The highest BCUT2D eigenvalue weighted by Gasteiger charge is 2.03. The molecule has 102 valence electrons. The fourth-order valence-corrected chi connectivity index (χ4v) is 2.01. The lowest BCUT2D eigenvalue weighted by Gasteiger charge is -2.09. The second-order valence-corrected chi connectivity index (χ2v) is 4.38. The number of rotatable bonds is 5. The standard InChI is InChI=1S/C16H15FN2O/c1-20-16-5-3-2-4-14(16)11-19-10-13-6-12(9-18)7-15(17)8-13/h2-8,19H,10-11H2,1H3. The van der Waals surface area contributed by atoms with E-state index in [0.29, 0.717) is 18.7 Å². The molecule has 0 atom stereocenters. The number of hydrogen-bond donors (Lipinski definition) is 1. The van der Waals surface area contributed by atoms with Crippen molar-refractivity contribution in [2.24, 2.45) is 0 Å². The molecule has 2 aromatic rings. The lowest BCUT2D eigenvalue weighted by atomic mass is 10.1. The molecule has 0 bridgehead atoms. The third-order valence-corrected chi connectivity index (χ3v) is 2.92. The minimum atomic E-state index is -0.391. The minimum absolute atomic E-state index is 0.332. The first-order chi connectivity index (χ1) is 9.72. The second kappa shape index (κ2) is 6.69. The summed E-state index contributed by atoms with van der Waals surface area (Å²) in [5, 5.41) is 12.0. The molecule has 0 aliphatic carbocycles. The van der Waals surface area contributed by atoms with E-state index < -0.39 is 5.82 Å². The Morgan fingerprint density at radius 3 is 2.75 bits per heavy atom. The second-order valence-electron chi connectivity index (χ2n) is 4.38. The Bertz CT molecular complexity index is 635. The van der Waals surface area contributed by atoms with E-state index in [4.69, 9.17) is 10.00 Å². The molecule has 2 aromatic carbocycles. The van der Waals surface area contributed by atoms with E-state index in [9.17, 15) is 4.39 Å². The van der Waals surface area contributed by atoms with Gasteiger partial charge in [-0.15, -0.1) is 0 Å². The van der Waals surface area contributed by atoms with E-state index in [1.807, 2.05) is 30.3 Å². The van der Waals surface area contributed by atoms with Crippen LogP contribution < -0.4 is 10.1 Å². The molecule has 2 rings (SSSR count). The molecule has 20 heavy (non-hydrogen) atoms. The van der Waals surface area contributed by atoms with Crippen LogP contribution in [0.4, 0.5) is 4.39 Å². The van der Waals surface area contributed by atoms with Crippen LogP contribution >= 0.6 is 0 Å². The summed E-state index contributed by atoms with van der Waals surface area (Å²) in [6, 6.07) is 14.0. The lowest BCUT2D eigenvalue weighted by Crippen LogP contribution is -2.13. The largest absolute Gasteiger partial charge is 0.496 e. The van der Waals surface area contributed by atoms with Crippen LogP contribution in [0.5, 0.6) is 5.75 Å². The van der Waals surface area contributed by atoms with E-state index in [1.165, 1.54) is 12.1 Å². The smallest absolute Gasteiger partial charge is 0.124 e. The predicted octanol–water partition coefficient (Wildman–Crippen LogP) is 3.00. The summed E-state index contributed by atoms with van der Waals surface area (Å²) < 4.78 is 18.5. The van der Waals surface area contributed by atoms with Crippen molar-refractivity contribution in [1.82, 2.24) is 5.32 Å². The summed E-state index contributed by atoms with van der Waals surface area (Å²) in [4.78, 5) is 0. The van der Waals surface area contributed by atoms with E-state index in [1.54, 1.807) is 13.2 Å². The number of nitriles is 1. The average Bonchev–Trinajstić information content (AvgIpc) is 2.47. The maximum atomic E-state index is 13.3. The maximum Gasteiger partial charge on any atom is 0.124 e. The average molecular weight is 270 g/mol. The molecule has 0 spiro atoms. The molecule has 1 N–H and O–H groups in total. The summed E-state index contributed by atoms with van der Waals surface area (Å²) in [6.07, 6.45) is 0. The van der Waals surface area contributed by atoms with Gasteiger partial charge in [-0.3, -0.25) is 0 Å².